The van der Waals surface area contributed by atoms with Crippen LogP contribution in [-0.4, -0.2) is 27.8 Å². The maximum atomic E-state index is 12.3. The van der Waals surface area contributed by atoms with E-state index in [1.807, 2.05) is 30.3 Å². The second-order valence-corrected chi connectivity index (χ2v) is 6.92. The predicted molar refractivity (Wildman–Crippen MR) is 108 cm³/mol. The maximum Gasteiger partial charge on any atom is 0.342 e. The van der Waals surface area contributed by atoms with Crippen LogP contribution in [0.15, 0.2) is 60.9 Å². The monoisotopic (exact) mass is 417 g/mol. The summed E-state index contributed by atoms with van der Waals surface area (Å²) in [5.74, 6) is -1.16. The maximum absolute atomic E-state index is 12.3. The minimum atomic E-state index is -1.03. The number of amides is 1. The number of nitrogens with zero attached hydrogens (tertiary/aromatic N) is 2. The van der Waals surface area contributed by atoms with Gasteiger partial charge in [0.2, 0.25) is 0 Å². The van der Waals surface area contributed by atoms with Crippen molar-refractivity contribution in [3.63, 3.8) is 0 Å². The molecule has 0 aliphatic carbocycles. The van der Waals surface area contributed by atoms with Crippen LogP contribution in [0.3, 0.4) is 0 Å². The van der Waals surface area contributed by atoms with Gasteiger partial charge < -0.3 is 10.1 Å². The number of rotatable bonds is 6. The zero-order valence-electron chi connectivity index (χ0n) is 14.9. The molecule has 0 spiro atoms. The largest absolute Gasteiger partial charge is 0.449 e. The number of carbonyl (C=O) groups is 2. The first-order valence-electron chi connectivity index (χ1n) is 8.45. The molecule has 8 heteroatoms. The van der Waals surface area contributed by atoms with Gasteiger partial charge in [-0.3, -0.25) is 9.48 Å². The molecule has 1 unspecified atom stereocenters. The molecule has 2 aromatic carbocycles. The van der Waals surface area contributed by atoms with E-state index in [0.29, 0.717) is 22.3 Å². The lowest BCUT2D eigenvalue weighted by Crippen LogP contribution is -2.30. The Bertz CT molecular complexity index is 989. The van der Waals surface area contributed by atoms with Crippen LogP contribution in [-0.2, 0) is 16.1 Å². The number of ether oxygens (including phenoxy) is 1. The molecule has 3 aromatic rings. The first kappa shape index (κ1) is 19.9. The third-order valence-corrected chi connectivity index (χ3v) is 4.46. The van der Waals surface area contributed by atoms with E-state index in [-0.39, 0.29) is 5.56 Å². The number of hydrogen-bond donors (Lipinski definition) is 1. The molecular formula is C20H17Cl2N3O3. The lowest BCUT2D eigenvalue weighted by Gasteiger charge is -2.14. The third kappa shape index (κ3) is 5.12. The van der Waals surface area contributed by atoms with E-state index >= 15 is 0 Å². The fraction of sp³-hybridized carbons (Fsp3) is 0.150. The summed E-state index contributed by atoms with van der Waals surface area (Å²) in [6, 6.07) is 14.4. The molecule has 1 heterocycles. The van der Waals surface area contributed by atoms with Gasteiger partial charge in [-0.15, -0.1) is 0 Å². The van der Waals surface area contributed by atoms with E-state index in [9.17, 15) is 9.59 Å². The molecule has 1 amide bonds. The number of benzene rings is 2. The van der Waals surface area contributed by atoms with Gasteiger partial charge >= 0.3 is 5.97 Å². The van der Waals surface area contributed by atoms with E-state index < -0.39 is 18.0 Å². The molecule has 0 radical (unpaired) electrons. The van der Waals surface area contributed by atoms with Crippen LogP contribution >= 0.6 is 23.2 Å². The zero-order valence-corrected chi connectivity index (χ0v) is 16.4. The van der Waals surface area contributed by atoms with Gasteiger partial charge in [0.05, 0.1) is 29.0 Å². The molecule has 0 saturated heterocycles. The molecule has 1 atom stereocenters. The SMILES string of the molecule is CC(OC(=O)c1cnn(Cc2ccccc2)c1)C(=O)Nc1cc(Cl)ccc1Cl. The molecule has 144 valence electrons. The molecule has 6 nitrogen and oxygen atoms in total. The predicted octanol–water partition coefficient (Wildman–Crippen LogP) is 4.42. The Morgan fingerprint density at radius 3 is 2.68 bits per heavy atom. The molecule has 28 heavy (non-hydrogen) atoms. The van der Waals surface area contributed by atoms with Crippen LogP contribution in [0.4, 0.5) is 5.69 Å². The molecule has 0 saturated carbocycles. The average molecular weight is 418 g/mol. The molecule has 1 aromatic heterocycles. The van der Waals surface area contributed by atoms with Gasteiger partial charge in [0.25, 0.3) is 5.91 Å². The Morgan fingerprint density at radius 2 is 1.93 bits per heavy atom. The van der Waals surface area contributed by atoms with Crippen molar-refractivity contribution in [1.29, 1.82) is 0 Å². The number of hydrogen-bond acceptors (Lipinski definition) is 4. The van der Waals surface area contributed by atoms with Crippen molar-refractivity contribution in [3.05, 3.63) is 82.1 Å². The average Bonchev–Trinajstić information content (AvgIpc) is 3.14. The van der Waals surface area contributed by atoms with Crippen molar-refractivity contribution in [1.82, 2.24) is 9.78 Å². The molecule has 0 fully saturated rings. The van der Waals surface area contributed by atoms with E-state index in [0.717, 1.165) is 5.56 Å². The number of anilines is 1. The fourth-order valence-electron chi connectivity index (χ4n) is 2.44. The summed E-state index contributed by atoms with van der Waals surface area (Å²) in [5, 5.41) is 7.51. The number of carbonyl (C=O) groups excluding carboxylic acids is 2. The van der Waals surface area contributed by atoms with Crippen LogP contribution in [0.25, 0.3) is 0 Å². The molecule has 1 N–H and O–H groups in total. The van der Waals surface area contributed by atoms with Gasteiger partial charge in [-0.05, 0) is 30.7 Å². The highest BCUT2D eigenvalue weighted by Gasteiger charge is 2.21. The standard InChI is InChI=1S/C20H17Cl2N3O3/c1-13(19(26)24-18-9-16(21)7-8-17(18)22)28-20(27)15-10-23-25(12-15)11-14-5-3-2-4-6-14/h2-10,12-13H,11H2,1H3,(H,24,26). The topological polar surface area (TPSA) is 73.2 Å². The Kier molecular flexibility index (Phi) is 6.34. The van der Waals surface area contributed by atoms with Crippen LogP contribution in [0.5, 0.6) is 0 Å². The van der Waals surface area contributed by atoms with Crippen LogP contribution in [0, 0.1) is 0 Å². The summed E-state index contributed by atoms with van der Waals surface area (Å²) in [4.78, 5) is 24.6. The molecular weight excluding hydrogens is 401 g/mol. The van der Waals surface area contributed by atoms with E-state index in [4.69, 9.17) is 27.9 Å². The Hall–Kier alpha value is -2.83. The number of esters is 1. The van der Waals surface area contributed by atoms with Crippen molar-refractivity contribution < 1.29 is 14.3 Å². The summed E-state index contributed by atoms with van der Waals surface area (Å²) in [7, 11) is 0. The third-order valence-electron chi connectivity index (χ3n) is 3.90. The van der Waals surface area contributed by atoms with Gasteiger partial charge in [0, 0.05) is 11.2 Å². The Balaban J connectivity index is 1.59. The zero-order chi connectivity index (χ0) is 20.1. The Morgan fingerprint density at radius 1 is 1.18 bits per heavy atom. The highest BCUT2D eigenvalue weighted by molar-refractivity contribution is 6.35. The van der Waals surface area contributed by atoms with Crippen molar-refractivity contribution in [3.8, 4) is 0 Å². The summed E-state index contributed by atoms with van der Waals surface area (Å²) >= 11 is 11.9. The van der Waals surface area contributed by atoms with Crippen LogP contribution < -0.4 is 5.32 Å². The van der Waals surface area contributed by atoms with Crippen molar-refractivity contribution in [2.45, 2.75) is 19.6 Å². The second kappa shape index (κ2) is 8.91. The minimum absolute atomic E-state index is 0.261. The second-order valence-electron chi connectivity index (χ2n) is 6.07. The summed E-state index contributed by atoms with van der Waals surface area (Å²) < 4.78 is 6.85. The van der Waals surface area contributed by atoms with Gasteiger partial charge in [-0.2, -0.15) is 5.10 Å². The quantitative estimate of drug-likeness (QED) is 0.602. The molecule has 0 bridgehead atoms. The minimum Gasteiger partial charge on any atom is -0.449 e. The molecule has 0 aliphatic heterocycles. The summed E-state index contributed by atoms with van der Waals surface area (Å²) in [6.45, 7) is 2.00. The highest BCUT2D eigenvalue weighted by Crippen LogP contribution is 2.25. The number of nitrogens with one attached hydrogen (secondary N) is 1. The van der Waals surface area contributed by atoms with Gasteiger partial charge in [-0.25, -0.2) is 4.79 Å². The number of halogens is 2. The van der Waals surface area contributed by atoms with Crippen LogP contribution in [0.2, 0.25) is 10.0 Å². The van der Waals surface area contributed by atoms with Gasteiger partial charge in [0.1, 0.15) is 0 Å². The summed E-state index contributed by atoms with van der Waals surface area (Å²) in [6.07, 6.45) is 1.96. The molecule has 3 rings (SSSR count). The van der Waals surface area contributed by atoms with Gasteiger partial charge in [-0.1, -0.05) is 53.5 Å². The van der Waals surface area contributed by atoms with Crippen molar-refractivity contribution in [2.24, 2.45) is 0 Å². The van der Waals surface area contributed by atoms with Crippen LogP contribution in [0.1, 0.15) is 22.8 Å². The lowest BCUT2D eigenvalue weighted by molar-refractivity contribution is -0.123. The Labute approximate surface area is 172 Å². The van der Waals surface area contributed by atoms with Crippen molar-refractivity contribution in [2.75, 3.05) is 5.32 Å². The van der Waals surface area contributed by atoms with Gasteiger partial charge in [0.15, 0.2) is 6.10 Å². The smallest absolute Gasteiger partial charge is 0.342 e. The van der Waals surface area contributed by atoms with E-state index in [1.165, 1.54) is 19.2 Å². The van der Waals surface area contributed by atoms with E-state index in [1.54, 1.807) is 23.0 Å². The first-order valence-corrected chi connectivity index (χ1v) is 9.21. The van der Waals surface area contributed by atoms with E-state index in [2.05, 4.69) is 10.4 Å². The first-order chi connectivity index (χ1) is 13.4. The summed E-state index contributed by atoms with van der Waals surface area (Å²) in [5.41, 5.74) is 1.66. The lowest BCUT2D eigenvalue weighted by atomic mass is 10.2. The number of aromatic nitrogens is 2. The fourth-order valence-corrected chi connectivity index (χ4v) is 2.77. The highest BCUT2D eigenvalue weighted by atomic mass is 35.5. The molecule has 0 aliphatic rings. The van der Waals surface area contributed by atoms with Crippen molar-refractivity contribution >= 4 is 40.8 Å². The normalized spacial score (nSPS) is 11.7.